The number of amides is 1. The highest BCUT2D eigenvalue weighted by Crippen LogP contribution is 2.44. The minimum atomic E-state index is -0.357. The smallest absolute Gasteiger partial charge is 0.407 e. The normalized spacial score (nSPS) is 19.9. The van der Waals surface area contributed by atoms with Gasteiger partial charge in [-0.1, -0.05) is 53.7 Å². The molecule has 0 saturated heterocycles. The summed E-state index contributed by atoms with van der Waals surface area (Å²) in [5.74, 6) is 0.658. The first kappa shape index (κ1) is 18.2. The number of alkyl carbamates (subject to hydrolysis) is 1. The maximum absolute atomic E-state index is 12.3. The fourth-order valence-electron chi connectivity index (χ4n) is 4.29. The van der Waals surface area contributed by atoms with Crippen LogP contribution in [0, 0.1) is 0 Å². The van der Waals surface area contributed by atoms with E-state index in [9.17, 15) is 4.79 Å². The average Bonchev–Trinajstić information content (AvgIpc) is 3.31. The third kappa shape index (κ3) is 3.40. The molecule has 7 heteroatoms. The lowest BCUT2D eigenvalue weighted by molar-refractivity contribution is 0.124. The van der Waals surface area contributed by atoms with Crippen LogP contribution in [0.3, 0.4) is 0 Å². The van der Waals surface area contributed by atoms with E-state index in [1.807, 2.05) is 35.1 Å². The summed E-state index contributed by atoms with van der Waals surface area (Å²) in [5.41, 5.74) is 5.76. The third-order valence-corrected chi connectivity index (χ3v) is 6.20. The van der Waals surface area contributed by atoms with Gasteiger partial charge in [-0.25, -0.2) is 9.48 Å². The van der Waals surface area contributed by atoms with Crippen molar-refractivity contribution < 1.29 is 9.53 Å². The minimum absolute atomic E-state index is 0.0806. The summed E-state index contributed by atoms with van der Waals surface area (Å²) >= 11 is 4.21. The molecule has 0 aliphatic heterocycles. The Morgan fingerprint density at radius 1 is 1.10 bits per heavy atom. The lowest BCUT2D eigenvalue weighted by atomic mass is 9.87. The number of fused-ring (bicyclic) bond motifs is 3. The van der Waals surface area contributed by atoms with Crippen LogP contribution in [0.25, 0.3) is 11.1 Å². The maximum atomic E-state index is 12.3. The molecule has 148 valence electrons. The third-order valence-electron chi connectivity index (χ3n) is 5.87. The number of ether oxygens (including phenoxy) is 1. The van der Waals surface area contributed by atoms with Crippen molar-refractivity contribution in [3.05, 3.63) is 71.5 Å². The molecule has 0 unspecified atom stereocenters. The number of thiol groups is 1. The van der Waals surface area contributed by atoms with E-state index in [4.69, 9.17) is 4.74 Å². The fourth-order valence-corrected chi connectivity index (χ4v) is 4.44. The molecule has 5 rings (SSSR count). The van der Waals surface area contributed by atoms with Crippen LogP contribution < -0.4 is 5.32 Å². The molecule has 0 atom stereocenters. The second-order valence-corrected chi connectivity index (χ2v) is 7.96. The molecule has 6 nitrogen and oxygen atoms in total. The number of nitrogens with one attached hydrogen (secondary N) is 1. The molecule has 1 fully saturated rings. The second-order valence-electron chi connectivity index (χ2n) is 7.64. The van der Waals surface area contributed by atoms with Crippen LogP contribution in [-0.2, 0) is 10.5 Å². The van der Waals surface area contributed by atoms with Gasteiger partial charge in [0.2, 0.25) is 0 Å². The Morgan fingerprint density at radius 3 is 2.38 bits per heavy atom. The number of hydrogen-bond acceptors (Lipinski definition) is 5. The van der Waals surface area contributed by atoms with Crippen molar-refractivity contribution in [2.45, 2.75) is 36.6 Å². The lowest BCUT2D eigenvalue weighted by Gasteiger charge is -2.35. The summed E-state index contributed by atoms with van der Waals surface area (Å²) in [5, 5.41) is 11.2. The summed E-state index contributed by atoms with van der Waals surface area (Å²) < 4.78 is 7.48. The van der Waals surface area contributed by atoms with E-state index in [2.05, 4.69) is 52.5 Å². The standard InChI is InChI=1S/C22H22N4O2S/c27-22(23-14-9-16(10-14)26-11-15(13-29)24-25-26)28-12-21-19-7-3-1-5-17(19)18-6-2-4-8-20(18)21/h1-8,11,14,16,21,29H,9-10,12-13H2,(H,23,27). The Bertz CT molecular complexity index is 999. The van der Waals surface area contributed by atoms with Gasteiger partial charge in [-0.05, 0) is 35.1 Å². The molecule has 0 radical (unpaired) electrons. The van der Waals surface area contributed by atoms with Gasteiger partial charge in [0.1, 0.15) is 6.61 Å². The number of hydrogen-bond donors (Lipinski definition) is 2. The Kier molecular flexibility index (Phi) is 4.75. The molecule has 2 aliphatic carbocycles. The summed E-state index contributed by atoms with van der Waals surface area (Å²) in [6, 6.07) is 17.1. The van der Waals surface area contributed by atoms with Crippen LogP contribution in [0.5, 0.6) is 0 Å². The molecule has 1 aromatic heterocycles. The lowest BCUT2D eigenvalue weighted by Crippen LogP contribution is -2.45. The first-order valence-corrected chi connectivity index (χ1v) is 10.5. The van der Waals surface area contributed by atoms with Crippen molar-refractivity contribution in [3.63, 3.8) is 0 Å². The minimum Gasteiger partial charge on any atom is -0.449 e. The van der Waals surface area contributed by atoms with Gasteiger partial charge in [-0.15, -0.1) is 5.10 Å². The van der Waals surface area contributed by atoms with E-state index in [0.29, 0.717) is 12.4 Å². The molecule has 1 saturated carbocycles. The number of nitrogens with zero attached hydrogens (tertiary/aromatic N) is 3. The van der Waals surface area contributed by atoms with Crippen LogP contribution in [-0.4, -0.2) is 33.7 Å². The van der Waals surface area contributed by atoms with Gasteiger partial charge in [-0.2, -0.15) is 12.6 Å². The monoisotopic (exact) mass is 406 g/mol. The Morgan fingerprint density at radius 2 is 1.76 bits per heavy atom. The molecule has 3 aromatic rings. The van der Waals surface area contributed by atoms with Gasteiger partial charge in [0.05, 0.1) is 11.7 Å². The molecular formula is C22H22N4O2S. The Labute approximate surface area is 174 Å². The average molecular weight is 407 g/mol. The molecule has 2 aromatic carbocycles. The summed E-state index contributed by atoms with van der Waals surface area (Å²) in [6.07, 6.45) is 3.23. The molecular weight excluding hydrogens is 384 g/mol. The van der Waals surface area contributed by atoms with Gasteiger partial charge in [0, 0.05) is 23.9 Å². The van der Waals surface area contributed by atoms with Crippen LogP contribution in [0.4, 0.5) is 4.79 Å². The zero-order valence-corrected chi connectivity index (χ0v) is 16.8. The first-order chi connectivity index (χ1) is 14.2. The predicted molar refractivity (Wildman–Crippen MR) is 113 cm³/mol. The quantitative estimate of drug-likeness (QED) is 0.630. The summed E-state index contributed by atoms with van der Waals surface area (Å²) in [6.45, 7) is 0.338. The SMILES string of the molecule is O=C(NC1CC(n2cc(CS)nn2)C1)OCC1c2ccccc2-c2ccccc21. The topological polar surface area (TPSA) is 69.0 Å². The van der Waals surface area contributed by atoms with Gasteiger partial charge in [-0.3, -0.25) is 0 Å². The van der Waals surface area contributed by atoms with Crippen molar-refractivity contribution in [3.8, 4) is 11.1 Å². The van der Waals surface area contributed by atoms with E-state index < -0.39 is 0 Å². The van der Waals surface area contributed by atoms with Gasteiger partial charge >= 0.3 is 6.09 Å². The molecule has 2 aliphatic rings. The van der Waals surface area contributed by atoms with Crippen LogP contribution >= 0.6 is 12.6 Å². The van der Waals surface area contributed by atoms with Crippen LogP contribution in [0.2, 0.25) is 0 Å². The van der Waals surface area contributed by atoms with Crippen molar-refractivity contribution in [1.82, 2.24) is 20.3 Å². The fraction of sp³-hybridized carbons (Fsp3) is 0.318. The molecule has 1 N–H and O–H groups in total. The van der Waals surface area contributed by atoms with Crippen molar-refractivity contribution in [2.75, 3.05) is 6.61 Å². The van der Waals surface area contributed by atoms with E-state index in [1.165, 1.54) is 22.3 Å². The predicted octanol–water partition coefficient (Wildman–Crippen LogP) is 3.95. The highest BCUT2D eigenvalue weighted by atomic mass is 32.1. The molecule has 0 bridgehead atoms. The highest BCUT2D eigenvalue weighted by molar-refractivity contribution is 7.79. The molecule has 1 amide bonds. The van der Waals surface area contributed by atoms with E-state index in [-0.39, 0.29) is 24.1 Å². The van der Waals surface area contributed by atoms with E-state index in [1.54, 1.807) is 0 Å². The molecule has 29 heavy (non-hydrogen) atoms. The first-order valence-electron chi connectivity index (χ1n) is 9.86. The zero-order chi connectivity index (χ0) is 19.8. The number of benzene rings is 2. The summed E-state index contributed by atoms with van der Waals surface area (Å²) in [7, 11) is 0. The highest BCUT2D eigenvalue weighted by Gasteiger charge is 2.34. The van der Waals surface area contributed by atoms with Gasteiger partial charge < -0.3 is 10.1 Å². The largest absolute Gasteiger partial charge is 0.449 e. The van der Waals surface area contributed by atoms with Crippen molar-refractivity contribution >= 4 is 18.7 Å². The number of aromatic nitrogens is 3. The summed E-state index contributed by atoms with van der Waals surface area (Å²) in [4.78, 5) is 12.3. The number of carbonyl (C=O) groups is 1. The van der Waals surface area contributed by atoms with Gasteiger partial charge in [0.15, 0.2) is 0 Å². The van der Waals surface area contributed by atoms with E-state index in [0.717, 1.165) is 18.5 Å². The van der Waals surface area contributed by atoms with Crippen molar-refractivity contribution in [1.29, 1.82) is 0 Å². The van der Waals surface area contributed by atoms with Crippen LogP contribution in [0.1, 0.15) is 41.6 Å². The molecule has 0 spiro atoms. The Hall–Kier alpha value is -2.80. The zero-order valence-electron chi connectivity index (χ0n) is 15.9. The van der Waals surface area contributed by atoms with Crippen LogP contribution in [0.15, 0.2) is 54.7 Å². The maximum Gasteiger partial charge on any atom is 0.407 e. The van der Waals surface area contributed by atoms with Crippen molar-refractivity contribution in [2.24, 2.45) is 0 Å². The Balaban J connectivity index is 1.17. The van der Waals surface area contributed by atoms with E-state index >= 15 is 0 Å². The second kappa shape index (κ2) is 7.55. The van der Waals surface area contributed by atoms with Gasteiger partial charge in [0.25, 0.3) is 0 Å². The molecule has 1 heterocycles. The number of carbonyl (C=O) groups excluding carboxylic acids is 1. The number of rotatable bonds is 5.